The monoisotopic (exact) mass is 669 g/mol. The third kappa shape index (κ3) is 5.92. The number of hydrogen-bond acceptors (Lipinski definition) is 9. The van der Waals surface area contributed by atoms with Crippen LogP contribution in [0.5, 0.6) is 0 Å². The predicted molar refractivity (Wildman–Crippen MR) is 174 cm³/mol. The molecule has 4 heterocycles. The van der Waals surface area contributed by atoms with Crippen LogP contribution in [0, 0.1) is 13.8 Å². The number of nitrogens with two attached hydrogens (primary N) is 1. The normalized spacial score (nSPS) is 21.0. The highest BCUT2D eigenvalue weighted by atomic mass is 32.2. The Morgan fingerprint density at radius 1 is 1.09 bits per heavy atom. The van der Waals surface area contributed by atoms with Crippen LogP contribution in [0.2, 0.25) is 0 Å². The van der Waals surface area contributed by atoms with E-state index in [0.717, 1.165) is 57.8 Å². The first-order valence-corrected chi connectivity index (χ1v) is 17.2. The Morgan fingerprint density at radius 2 is 1.85 bits per heavy atom. The van der Waals surface area contributed by atoms with Gasteiger partial charge >= 0.3 is 5.63 Å². The minimum absolute atomic E-state index is 0.00816. The third-order valence-corrected chi connectivity index (χ3v) is 11.7. The van der Waals surface area contributed by atoms with E-state index in [0.29, 0.717) is 24.2 Å². The zero-order valence-corrected chi connectivity index (χ0v) is 27.9. The van der Waals surface area contributed by atoms with Crippen LogP contribution < -0.4 is 16.3 Å². The number of aryl methyl sites for hydroxylation is 2. The number of fused-ring (bicyclic) bond motifs is 3. The van der Waals surface area contributed by atoms with Crippen molar-refractivity contribution in [1.82, 2.24) is 14.1 Å². The number of primary amides is 1. The predicted octanol–water partition coefficient (Wildman–Crippen LogP) is 2.21. The number of likely N-dealkylation sites (N-methyl/N-ethyl adjacent to an activating group) is 1. The van der Waals surface area contributed by atoms with Crippen LogP contribution in [0.25, 0.3) is 11.0 Å². The second-order valence-electron chi connectivity index (χ2n) is 12.7. The number of anilines is 1. The molecule has 2 aromatic carbocycles. The lowest BCUT2D eigenvalue weighted by molar-refractivity contribution is 0.0732. The summed E-state index contributed by atoms with van der Waals surface area (Å²) in [5.74, 6) is -1.50. The van der Waals surface area contributed by atoms with Crippen LogP contribution in [-0.4, -0.2) is 107 Å². The molecule has 0 unspecified atom stereocenters. The summed E-state index contributed by atoms with van der Waals surface area (Å²) in [5.41, 5.74) is 9.29. The molecule has 0 bridgehead atoms. The van der Waals surface area contributed by atoms with Gasteiger partial charge in [0.15, 0.2) is 0 Å². The Morgan fingerprint density at radius 3 is 2.53 bits per heavy atom. The Kier molecular flexibility index (Phi) is 8.89. The van der Waals surface area contributed by atoms with E-state index in [1.807, 2.05) is 13.8 Å². The molecule has 0 spiro atoms. The zero-order chi connectivity index (χ0) is 33.8. The van der Waals surface area contributed by atoms with E-state index < -0.39 is 38.5 Å². The molecule has 2 N–H and O–H groups in total. The molecular formula is C33H40FN5O7S. The Bertz CT molecular complexity index is 1930. The highest BCUT2D eigenvalue weighted by Gasteiger charge is 2.36. The fraction of sp³-hybridized carbons (Fsp3) is 0.485. The molecule has 252 valence electrons. The molecule has 0 saturated carbocycles. The van der Waals surface area contributed by atoms with Crippen LogP contribution in [0.4, 0.5) is 10.1 Å². The standard InChI is InChI=1S/C33H40FN5O7S/c1-19-13-27(37-12-11-36(3)23(16-37)18-45-4)20(2)30-29(19)24-8-9-38(17-26(24)33(42)46-30)32(41)21-5-6-25(31(35)40)28(14-21)47(43,44)39-10-7-22(34)15-39/h5-6,13-14,22-23H,7-12,15-18H2,1-4H3,(H2,35,40)/t22-,23-/m1/s1. The van der Waals surface area contributed by atoms with Crippen LogP contribution in [0.3, 0.4) is 0 Å². The molecule has 2 fully saturated rings. The van der Waals surface area contributed by atoms with Gasteiger partial charge in [0.25, 0.3) is 5.91 Å². The summed E-state index contributed by atoms with van der Waals surface area (Å²) < 4.78 is 53.1. The summed E-state index contributed by atoms with van der Waals surface area (Å²) in [4.78, 5) is 45.0. The topological polar surface area (TPSA) is 147 Å². The fourth-order valence-electron chi connectivity index (χ4n) is 7.09. The van der Waals surface area contributed by atoms with E-state index in [9.17, 15) is 27.2 Å². The molecule has 14 heteroatoms. The Balaban J connectivity index is 1.31. The number of ether oxygens (including phenoxy) is 1. The van der Waals surface area contributed by atoms with Gasteiger partial charge in [-0.25, -0.2) is 17.6 Å². The minimum atomic E-state index is -4.30. The summed E-state index contributed by atoms with van der Waals surface area (Å²) in [7, 11) is -0.510. The number of amides is 2. The molecule has 6 rings (SSSR count). The van der Waals surface area contributed by atoms with Crippen LogP contribution >= 0.6 is 0 Å². The molecular weight excluding hydrogens is 629 g/mol. The largest absolute Gasteiger partial charge is 0.422 e. The lowest BCUT2D eigenvalue weighted by Crippen LogP contribution is -2.53. The molecule has 12 nitrogen and oxygen atoms in total. The molecule has 0 radical (unpaired) electrons. The van der Waals surface area contributed by atoms with Gasteiger partial charge in [-0.05, 0) is 69.1 Å². The number of methoxy groups -OCH3 is 1. The van der Waals surface area contributed by atoms with E-state index in [1.54, 1.807) is 7.11 Å². The average molecular weight is 670 g/mol. The fourth-order valence-corrected chi connectivity index (χ4v) is 8.80. The number of nitrogens with zero attached hydrogens (tertiary/aromatic N) is 4. The van der Waals surface area contributed by atoms with Crippen molar-refractivity contribution in [2.75, 3.05) is 64.9 Å². The number of carbonyl (C=O) groups excluding carboxylic acids is 2. The van der Waals surface area contributed by atoms with Crippen molar-refractivity contribution in [3.63, 3.8) is 0 Å². The smallest absolute Gasteiger partial charge is 0.341 e. The number of piperazine rings is 1. The highest BCUT2D eigenvalue weighted by molar-refractivity contribution is 7.89. The van der Waals surface area contributed by atoms with E-state index in [4.69, 9.17) is 14.9 Å². The quantitative estimate of drug-likeness (QED) is 0.374. The second-order valence-corrected chi connectivity index (χ2v) is 14.6. The molecule has 2 atom stereocenters. The second kappa shape index (κ2) is 12.6. The molecule has 3 aliphatic rings. The SMILES string of the molecule is COC[C@H]1CN(c2cc(C)c3c4c(c(=O)oc3c2C)CN(C(=O)c2ccc(C(N)=O)c(S(=O)(=O)N3CC[C@@H](F)C3)c2)CC4)CCN1C. The van der Waals surface area contributed by atoms with Crippen molar-refractivity contribution in [3.05, 3.63) is 68.1 Å². The average Bonchev–Trinajstić information content (AvgIpc) is 3.50. The molecule has 47 heavy (non-hydrogen) atoms. The number of sulfonamides is 1. The lowest BCUT2D eigenvalue weighted by Gasteiger charge is -2.41. The summed E-state index contributed by atoms with van der Waals surface area (Å²) in [6.45, 7) is 6.92. The van der Waals surface area contributed by atoms with Gasteiger partial charge < -0.3 is 24.7 Å². The van der Waals surface area contributed by atoms with Crippen molar-refractivity contribution in [2.45, 2.75) is 50.3 Å². The first kappa shape index (κ1) is 33.1. The van der Waals surface area contributed by atoms with Gasteiger partial charge in [-0.15, -0.1) is 0 Å². The van der Waals surface area contributed by atoms with Gasteiger partial charge in [0.2, 0.25) is 15.9 Å². The van der Waals surface area contributed by atoms with Gasteiger partial charge in [0.1, 0.15) is 11.8 Å². The Hall–Kier alpha value is -3.85. The van der Waals surface area contributed by atoms with Gasteiger partial charge in [0, 0.05) is 68.6 Å². The number of benzene rings is 2. The molecule has 3 aliphatic heterocycles. The van der Waals surface area contributed by atoms with Crippen LogP contribution in [0.1, 0.15) is 49.4 Å². The van der Waals surface area contributed by atoms with Gasteiger partial charge in [-0.3, -0.25) is 14.5 Å². The first-order valence-electron chi connectivity index (χ1n) is 15.7. The van der Waals surface area contributed by atoms with Gasteiger partial charge in [-0.1, -0.05) is 0 Å². The maximum Gasteiger partial charge on any atom is 0.341 e. The molecule has 1 aromatic heterocycles. The number of carbonyl (C=O) groups is 2. The zero-order valence-electron chi connectivity index (χ0n) is 27.0. The summed E-state index contributed by atoms with van der Waals surface area (Å²) >= 11 is 0. The summed E-state index contributed by atoms with van der Waals surface area (Å²) in [6.07, 6.45) is -0.885. The Labute approximate surface area is 272 Å². The van der Waals surface area contributed by atoms with E-state index in [2.05, 4.69) is 22.9 Å². The maximum atomic E-state index is 13.9. The lowest BCUT2D eigenvalue weighted by atomic mass is 9.92. The van der Waals surface area contributed by atoms with Crippen LogP contribution in [-0.2, 0) is 27.7 Å². The van der Waals surface area contributed by atoms with Gasteiger partial charge in [0.05, 0.1) is 35.2 Å². The molecule has 3 aromatic rings. The van der Waals surface area contributed by atoms with Crippen molar-refractivity contribution in [3.8, 4) is 0 Å². The number of alkyl halides is 1. The van der Waals surface area contributed by atoms with Gasteiger partial charge in [-0.2, -0.15) is 4.31 Å². The maximum absolute atomic E-state index is 13.9. The highest BCUT2D eigenvalue weighted by Crippen LogP contribution is 2.36. The molecule has 2 saturated heterocycles. The van der Waals surface area contributed by atoms with Crippen LogP contribution in [0.15, 0.2) is 38.4 Å². The van der Waals surface area contributed by atoms with Crippen molar-refractivity contribution >= 4 is 38.5 Å². The third-order valence-electron chi connectivity index (χ3n) is 9.76. The number of rotatable bonds is 7. The van der Waals surface area contributed by atoms with E-state index >= 15 is 0 Å². The van der Waals surface area contributed by atoms with E-state index in [-0.39, 0.29) is 49.8 Å². The number of halogens is 1. The summed E-state index contributed by atoms with van der Waals surface area (Å²) in [5, 5.41) is 0.867. The van der Waals surface area contributed by atoms with E-state index in [1.165, 1.54) is 17.0 Å². The molecule has 0 aliphatic carbocycles. The summed E-state index contributed by atoms with van der Waals surface area (Å²) in [6, 6.07) is 6.03. The van der Waals surface area contributed by atoms with Crippen molar-refractivity contribution < 1.29 is 31.6 Å². The first-order chi connectivity index (χ1) is 22.3. The number of hydrogen-bond donors (Lipinski definition) is 1. The van der Waals surface area contributed by atoms with Crippen molar-refractivity contribution in [2.24, 2.45) is 5.73 Å². The minimum Gasteiger partial charge on any atom is -0.422 e. The van der Waals surface area contributed by atoms with Crippen molar-refractivity contribution in [1.29, 1.82) is 0 Å². The molecule has 2 amide bonds.